The van der Waals surface area contributed by atoms with E-state index in [1.807, 2.05) is 0 Å². The van der Waals surface area contributed by atoms with Gasteiger partial charge in [0.05, 0.1) is 11.9 Å². The van der Waals surface area contributed by atoms with Crippen molar-refractivity contribution < 1.29 is 18.3 Å². The second-order valence-electron chi connectivity index (χ2n) is 3.65. The lowest BCUT2D eigenvalue weighted by molar-refractivity contribution is -0.124. The lowest BCUT2D eigenvalue weighted by atomic mass is 10.2. The van der Waals surface area contributed by atoms with Gasteiger partial charge in [0.15, 0.2) is 0 Å². The van der Waals surface area contributed by atoms with Gasteiger partial charge in [-0.2, -0.15) is 0 Å². The first-order valence-corrected chi connectivity index (χ1v) is 6.42. The number of hydrogen-bond donors (Lipinski definition) is 2. The van der Waals surface area contributed by atoms with Crippen LogP contribution >= 0.6 is 0 Å². The van der Waals surface area contributed by atoms with Gasteiger partial charge in [0.2, 0.25) is 5.91 Å². The highest BCUT2D eigenvalue weighted by molar-refractivity contribution is 7.90. The molecule has 0 rings (SSSR count). The third kappa shape index (κ3) is 6.85. The minimum atomic E-state index is -3.19. The minimum Gasteiger partial charge on any atom is -0.390 e. The number of aliphatic hydroxyl groups is 1. The van der Waals surface area contributed by atoms with Gasteiger partial charge in [0.25, 0.3) is 0 Å². The van der Waals surface area contributed by atoms with E-state index < -0.39 is 15.9 Å². The average molecular weight is 223 g/mol. The molecule has 1 unspecified atom stereocenters. The van der Waals surface area contributed by atoms with Gasteiger partial charge in [-0.05, 0) is 0 Å². The standard InChI is InChI=1S/C8H17NO4S/c1-6(2)8(11)9-4-7(10)5-14(3,12)13/h6-7,10H,4-5H2,1-3H3,(H,9,11). The molecule has 5 nitrogen and oxygen atoms in total. The molecule has 0 aliphatic carbocycles. The normalized spacial score (nSPS) is 14.1. The molecule has 0 spiro atoms. The van der Waals surface area contributed by atoms with Crippen LogP contribution < -0.4 is 5.32 Å². The first kappa shape index (κ1) is 13.4. The van der Waals surface area contributed by atoms with Crippen molar-refractivity contribution in [2.45, 2.75) is 20.0 Å². The number of sulfone groups is 1. The molecule has 6 heteroatoms. The van der Waals surface area contributed by atoms with Crippen LogP contribution in [0.15, 0.2) is 0 Å². The Hall–Kier alpha value is -0.620. The molecule has 0 bridgehead atoms. The highest BCUT2D eigenvalue weighted by Crippen LogP contribution is 1.93. The van der Waals surface area contributed by atoms with Crippen molar-refractivity contribution in [2.75, 3.05) is 18.6 Å². The van der Waals surface area contributed by atoms with E-state index in [1.165, 1.54) is 0 Å². The molecule has 0 fully saturated rings. The highest BCUT2D eigenvalue weighted by Gasteiger charge is 2.14. The SMILES string of the molecule is CC(C)C(=O)NCC(O)CS(C)(=O)=O. The zero-order valence-electron chi connectivity index (χ0n) is 8.65. The highest BCUT2D eigenvalue weighted by atomic mass is 32.2. The Balaban J connectivity index is 3.86. The molecule has 1 amide bonds. The van der Waals surface area contributed by atoms with Crippen LogP contribution in [-0.4, -0.2) is 44.1 Å². The number of carbonyl (C=O) groups excluding carboxylic acids is 1. The Morgan fingerprint density at radius 3 is 2.29 bits per heavy atom. The Morgan fingerprint density at radius 2 is 1.93 bits per heavy atom. The van der Waals surface area contributed by atoms with Gasteiger partial charge >= 0.3 is 0 Å². The van der Waals surface area contributed by atoms with Crippen molar-refractivity contribution in [3.63, 3.8) is 0 Å². The predicted molar refractivity (Wildman–Crippen MR) is 53.6 cm³/mol. The number of nitrogens with one attached hydrogen (secondary N) is 1. The van der Waals surface area contributed by atoms with Gasteiger partial charge < -0.3 is 10.4 Å². The van der Waals surface area contributed by atoms with Crippen molar-refractivity contribution in [3.05, 3.63) is 0 Å². The summed E-state index contributed by atoms with van der Waals surface area (Å²) in [7, 11) is -3.19. The first-order chi connectivity index (χ1) is 6.22. The molecular weight excluding hydrogens is 206 g/mol. The lowest BCUT2D eigenvalue weighted by Crippen LogP contribution is -2.37. The van der Waals surface area contributed by atoms with Gasteiger partial charge in [-0.15, -0.1) is 0 Å². The zero-order chi connectivity index (χ0) is 11.4. The monoisotopic (exact) mass is 223 g/mol. The Bertz CT molecular complexity index is 284. The predicted octanol–water partition coefficient (Wildman–Crippen LogP) is -0.836. The third-order valence-electron chi connectivity index (χ3n) is 1.53. The second kappa shape index (κ2) is 5.31. The summed E-state index contributed by atoms with van der Waals surface area (Å²) in [5.41, 5.74) is 0. The quantitative estimate of drug-likeness (QED) is 0.637. The molecule has 0 aromatic carbocycles. The van der Waals surface area contributed by atoms with Crippen LogP contribution in [0.1, 0.15) is 13.8 Å². The molecule has 0 aromatic rings. The summed E-state index contributed by atoms with van der Waals surface area (Å²) in [6.07, 6.45) is 0.00761. The average Bonchev–Trinajstić information content (AvgIpc) is 1.96. The van der Waals surface area contributed by atoms with Crippen molar-refractivity contribution in [1.29, 1.82) is 0 Å². The second-order valence-corrected chi connectivity index (χ2v) is 5.83. The van der Waals surface area contributed by atoms with Crippen molar-refractivity contribution in [2.24, 2.45) is 5.92 Å². The molecule has 0 saturated heterocycles. The number of rotatable bonds is 5. The Kier molecular flexibility index (Phi) is 5.07. The summed E-state index contributed by atoms with van der Waals surface area (Å²) in [5, 5.41) is 11.7. The zero-order valence-corrected chi connectivity index (χ0v) is 9.47. The minimum absolute atomic E-state index is 0.0237. The smallest absolute Gasteiger partial charge is 0.222 e. The van der Waals surface area contributed by atoms with Crippen LogP contribution in [0.3, 0.4) is 0 Å². The third-order valence-corrected chi connectivity index (χ3v) is 2.52. The molecule has 0 heterocycles. The largest absolute Gasteiger partial charge is 0.390 e. The van der Waals surface area contributed by atoms with Crippen molar-refractivity contribution >= 4 is 15.7 Å². The maximum absolute atomic E-state index is 11.0. The van der Waals surface area contributed by atoms with Crippen LogP contribution in [0, 0.1) is 5.92 Å². The maximum Gasteiger partial charge on any atom is 0.222 e. The van der Waals surface area contributed by atoms with E-state index in [4.69, 9.17) is 0 Å². The molecule has 14 heavy (non-hydrogen) atoms. The number of carbonyl (C=O) groups is 1. The molecule has 0 radical (unpaired) electrons. The summed E-state index contributed by atoms with van der Waals surface area (Å²) in [6, 6.07) is 0. The van der Waals surface area contributed by atoms with E-state index in [-0.39, 0.29) is 24.1 Å². The lowest BCUT2D eigenvalue weighted by Gasteiger charge is -2.11. The molecular formula is C8H17NO4S. The fourth-order valence-corrected chi connectivity index (χ4v) is 1.65. The summed E-state index contributed by atoms with van der Waals surface area (Å²) in [4.78, 5) is 11.0. The van der Waals surface area contributed by atoms with E-state index in [1.54, 1.807) is 13.8 Å². The summed E-state index contributed by atoms with van der Waals surface area (Å²) < 4.78 is 21.5. The van der Waals surface area contributed by atoms with Crippen LogP contribution in [0.2, 0.25) is 0 Å². The van der Waals surface area contributed by atoms with Gasteiger partial charge in [-0.25, -0.2) is 8.42 Å². The fraction of sp³-hybridized carbons (Fsp3) is 0.875. The van der Waals surface area contributed by atoms with E-state index >= 15 is 0 Å². The molecule has 0 saturated carbocycles. The van der Waals surface area contributed by atoms with Crippen LogP contribution in [-0.2, 0) is 14.6 Å². The first-order valence-electron chi connectivity index (χ1n) is 4.36. The van der Waals surface area contributed by atoms with Crippen molar-refractivity contribution in [1.82, 2.24) is 5.32 Å². The van der Waals surface area contributed by atoms with Crippen LogP contribution in [0.4, 0.5) is 0 Å². The molecule has 84 valence electrons. The summed E-state index contributed by atoms with van der Waals surface area (Å²) in [6.45, 7) is 3.42. The van der Waals surface area contributed by atoms with E-state index in [0.29, 0.717) is 0 Å². The van der Waals surface area contributed by atoms with Gasteiger partial charge in [-0.3, -0.25) is 4.79 Å². The molecule has 1 atom stereocenters. The molecule has 0 aliphatic heterocycles. The number of hydrogen-bond acceptors (Lipinski definition) is 4. The molecule has 0 aliphatic rings. The van der Waals surface area contributed by atoms with E-state index in [2.05, 4.69) is 5.32 Å². The van der Waals surface area contributed by atoms with Crippen LogP contribution in [0.5, 0.6) is 0 Å². The Labute approximate surface area is 84.4 Å². The number of aliphatic hydroxyl groups excluding tert-OH is 1. The maximum atomic E-state index is 11.0. The summed E-state index contributed by atoms with van der Waals surface area (Å²) in [5.74, 6) is -0.691. The summed E-state index contributed by atoms with van der Waals surface area (Å²) >= 11 is 0. The van der Waals surface area contributed by atoms with E-state index in [9.17, 15) is 18.3 Å². The van der Waals surface area contributed by atoms with Gasteiger partial charge in [-0.1, -0.05) is 13.8 Å². The topological polar surface area (TPSA) is 83.5 Å². The van der Waals surface area contributed by atoms with E-state index in [0.717, 1.165) is 6.26 Å². The van der Waals surface area contributed by atoms with Gasteiger partial charge in [0.1, 0.15) is 9.84 Å². The van der Waals surface area contributed by atoms with Crippen molar-refractivity contribution in [3.8, 4) is 0 Å². The Morgan fingerprint density at radius 1 is 1.43 bits per heavy atom. The fourth-order valence-electron chi connectivity index (χ4n) is 0.831. The van der Waals surface area contributed by atoms with Crippen LogP contribution in [0.25, 0.3) is 0 Å². The molecule has 2 N–H and O–H groups in total. The van der Waals surface area contributed by atoms with Gasteiger partial charge in [0, 0.05) is 18.7 Å². The number of amides is 1. The molecule has 0 aromatic heterocycles.